The molecule has 2 rings (SSSR count). The molecule has 1 aromatic carbocycles. The van der Waals surface area contributed by atoms with E-state index in [1.807, 2.05) is 32.0 Å². The van der Waals surface area contributed by atoms with Gasteiger partial charge < -0.3 is 19.5 Å². The van der Waals surface area contributed by atoms with Crippen molar-refractivity contribution in [3.05, 3.63) is 34.9 Å². The van der Waals surface area contributed by atoms with E-state index in [1.165, 1.54) is 4.90 Å². The average molecular weight is 321 g/mol. The van der Waals surface area contributed by atoms with Crippen LogP contribution in [0.3, 0.4) is 0 Å². The van der Waals surface area contributed by atoms with Gasteiger partial charge in [-0.05, 0) is 37.5 Å². The fourth-order valence-corrected chi connectivity index (χ4v) is 2.80. The van der Waals surface area contributed by atoms with Crippen LogP contribution in [0.4, 0.5) is 4.79 Å². The highest BCUT2D eigenvalue weighted by atomic mass is 16.7. The molecule has 1 aliphatic heterocycles. The summed E-state index contributed by atoms with van der Waals surface area (Å²) >= 11 is 0. The molecule has 0 spiro atoms. The summed E-state index contributed by atoms with van der Waals surface area (Å²) in [5.41, 5.74) is 3.05. The van der Waals surface area contributed by atoms with Gasteiger partial charge in [0.15, 0.2) is 6.23 Å². The highest BCUT2D eigenvalue weighted by Gasteiger charge is 2.37. The lowest BCUT2D eigenvalue weighted by atomic mass is 9.99. The highest BCUT2D eigenvalue weighted by molar-refractivity contribution is 5.80. The number of amides is 1. The molecular formula is C17H23NO5. The minimum atomic E-state index is -0.823. The second-order valence-electron chi connectivity index (χ2n) is 5.74. The molecule has 1 saturated heterocycles. The summed E-state index contributed by atoms with van der Waals surface area (Å²) in [4.78, 5) is 25.5. The first kappa shape index (κ1) is 17.3. The van der Waals surface area contributed by atoms with Crippen molar-refractivity contribution in [3.63, 3.8) is 0 Å². The van der Waals surface area contributed by atoms with Gasteiger partial charge >= 0.3 is 6.16 Å². The van der Waals surface area contributed by atoms with Gasteiger partial charge in [0.2, 0.25) is 5.91 Å². The Morgan fingerprint density at radius 1 is 1.30 bits per heavy atom. The van der Waals surface area contributed by atoms with E-state index < -0.39 is 18.5 Å². The minimum absolute atomic E-state index is 0.161. The number of benzene rings is 1. The Bertz CT molecular complexity index is 566. The summed E-state index contributed by atoms with van der Waals surface area (Å²) in [7, 11) is 0. The molecule has 0 radical (unpaired) electrons. The molecule has 0 aromatic heterocycles. The number of β-amino-alcohol motifs (C(OH)–C–C–N with tert-alkyl or cyclic N) is 1. The van der Waals surface area contributed by atoms with Gasteiger partial charge in [0.25, 0.3) is 0 Å². The highest BCUT2D eigenvalue weighted by Crippen LogP contribution is 2.22. The van der Waals surface area contributed by atoms with Crippen LogP contribution in [-0.4, -0.2) is 47.6 Å². The standard InChI is InChI=1S/C17H23NO5/c1-4-22-17(21)23-16-8-13(19)10-18(16)15(20)9-14-11(2)6-5-7-12(14)3/h5-7,13,16,19H,4,8-10H2,1-3H3. The Morgan fingerprint density at radius 3 is 2.57 bits per heavy atom. The van der Waals surface area contributed by atoms with Crippen molar-refractivity contribution in [3.8, 4) is 0 Å². The first-order chi connectivity index (χ1) is 10.9. The van der Waals surface area contributed by atoms with Crippen LogP contribution in [0.15, 0.2) is 18.2 Å². The number of nitrogens with zero attached hydrogens (tertiary/aromatic N) is 1. The number of hydrogen-bond donors (Lipinski definition) is 1. The minimum Gasteiger partial charge on any atom is -0.435 e. The third-order valence-corrected chi connectivity index (χ3v) is 4.02. The second-order valence-corrected chi connectivity index (χ2v) is 5.74. The molecule has 1 aliphatic rings. The fraction of sp³-hybridized carbons (Fsp3) is 0.529. The lowest BCUT2D eigenvalue weighted by molar-refractivity contribution is -0.138. The van der Waals surface area contributed by atoms with Crippen LogP contribution in [0.2, 0.25) is 0 Å². The van der Waals surface area contributed by atoms with Crippen molar-refractivity contribution in [1.82, 2.24) is 4.90 Å². The van der Waals surface area contributed by atoms with E-state index in [-0.39, 0.29) is 31.9 Å². The van der Waals surface area contributed by atoms with Crippen LogP contribution < -0.4 is 0 Å². The van der Waals surface area contributed by atoms with Crippen molar-refractivity contribution in [1.29, 1.82) is 0 Å². The lowest BCUT2D eigenvalue weighted by Crippen LogP contribution is -2.39. The molecule has 1 amide bonds. The number of rotatable bonds is 4. The Morgan fingerprint density at radius 2 is 1.96 bits per heavy atom. The van der Waals surface area contributed by atoms with Gasteiger partial charge in [0, 0.05) is 6.42 Å². The quantitative estimate of drug-likeness (QED) is 0.858. The van der Waals surface area contributed by atoms with Crippen LogP contribution in [0.25, 0.3) is 0 Å². The number of carbonyl (C=O) groups excluding carboxylic acids is 2. The first-order valence-corrected chi connectivity index (χ1v) is 7.78. The molecule has 6 nitrogen and oxygen atoms in total. The molecule has 126 valence electrons. The van der Waals surface area contributed by atoms with Gasteiger partial charge in [-0.15, -0.1) is 0 Å². The third kappa shape index (κ3) is 4.22. The van der Waals surface area contributed by atoms with Crippen molar-refractivity contribution < 1.29 is 24.2 Å². The van der Waals surface area contributed by atoms with E-state index in [4.69, 9.17) is 9.47 Å². The van der Waals surface area contributed by atoms with Crippen molar-refractivity contribution >= 4 is 12.1 Å². The Kier molecular flexibility index (Phi) is 5.60. The number of carbonyl (C=O) groups is 2. The molecule has 0 aliphatic carbocycles. The number of ether oxygens (including phenoxy) is 2. The van der Waals surface area contributed by atoms with Crippen LogP contribution in [-0.2, 0) is 20.7 Å². The molecule has 6 heteroatoms. The van der Waals surface area contributed by atoms with Crippen molar-refractivity contribution in [2.75, 3.05) is 13.2 Å². The van der Waals surface area contributed by atoms with E-state index in [1.54, 1.807) is 6.92 Å². The van der Waals surface area contributed by atoms with E-state index in [0.717, 1.165) is 16.7 Å². The number of hydrogen-bond acceptors (Lipinski definition) is 5. The summed E-state index contributed by atoms with van der Waals surface area (Å²) in [5.74, 6) is -0.173. The molecule has 23 heavy (non-hydrogen) atoms. The molecule has 1 fully saturated rings. The van der Waals surface area contributed by atoms with Gasteiger partial charge in [0.05, 0.1) is 25.7 Å². The fourth-order valence-electron chi connectivity index (χ4n) is 2.80. The normalized spacial score (nSPS) is 20.4. The largest absolute Gasteiger partial charge is 0.510 e. The Balaban J connectivity index is 2.08. The number of aryl methyl sites for hydroxylation is 2. The van der Waals surface area contributed by atoms with E-state index in [0.29, 0.717) is 0 Å². The molecule has 0 bridgehead atoms. The number of aliphatic hydroxyl groups is 1. The maximum Gasteiger partial charge on any atom is 0.510 e. The zero-order chi connectivity index (χ0) is 17.0. The van der Waals surface area contributed by atoms with E-state index in [2.05, 4.69) is 0 Å². The summed E-state index contributed by atoms with van der Waals surface area (Å²) in [6, 6.07) is 5.87. The maximum atomic E-state index is 12.6. The predicted octanol–water partition coefficient (Wildman–Crippen LogP) is 1.94. The van der Waals surface area contributed by atoms with Crippen molar-refractivity contribution in [2.24, 2.45) is 0 Å². The summed E-state index contributed by atoms with van der Waals surface area (Å²) < 4.78 is 9.88. The summed E-state index contributed by atoms with van der Waals surface area (Å²) in [6.07, 6.45) is -1.88. The van der Waals surface area contributed by atoms with Crippen LogP contribution in [0.1, 0.15) is 30.0 Å². The topological polar surface area (TPSA) is 76.1 Å². The summed E-state index contributed by atoms with van der Waals surface area (Å²) in [6.45, 7) is 5.95. The van der Waals surface area contributed by atoms with Crippen LogP contribution >= 0.6 is 0 Å². The molecule has 1 N–H and O–H groups in total. The molecule has 0 saturated carbocycles. The van der Waals surface area contributed by atoms with Gasteiger partial charge in [-0.3, -0.25) is 4.79 Å². The molecular weight excluding hydrogens is 298 g/mol. The van der Waals surface area contributed by atoms with E-state index >= 15 is 0 Å². The van der Waals surface area contributed by atoms with E-state index in [9.17, 15) is 14.7 Å². The molecule has 2 atom stereocenters. The smallest absolute Gasteiger partial charge is 0.435 e. The van der Waals surface area contributed by atoms with Crippen LogP contribution in [0.5, 0.6) is 0 Å². The number of likely N-dealkylation sites (tertiary alicyclic amines) is 1. The Hall–Kier alpha value is -2.08. The lowest BCUT2D eigenvalue weighted by Gasteiger charge is -2.24. The van der Waals surface area contributed by atoms with Gasteiger partial charge in [-0.1, -0.05) is 18.2 Å². The summed E-state index contributed by atoms with van der Waals surface area (Å²) in [5, 5.41) is 9.81. The van der Waals surface area contributed by atoms with Gasteiger partial charge in [0.1, 0.15) is 0 Å². The zero-order valence-corrected chi connectivity index (χ0v) is 13.7. The van der Waals surface area contributed by atoms with Gasteiger partial charge in [-0.25, -0.2) is 4.79 Å². The maximum absolute atomic E-state index is 12.6. The first-order valence-electron chi connectivity index (χ1n) is 7.78. The molecule has 1 aromatic rings. The third-order valence-electron chi connectivity index (χ3n) is 4.02. The predicted molar refractivity (Wildman–Crippen MR) is 83.9 cm³/mol. The Labute approximate surface area is 136 Å². The van der Waals surface area contributed by atoms with Crippen LogP contribution in [0, 0.1) is 13.8 Å². The van der Waals surface area contributed by atoms with Crippen molar-refractivity contribution in [2.45, 2.75) is 45.9 Å². The second kappa shape index (κ2) is 7.46. The number of aliphatic hydroxyl groups excluding tert-OH is 1. The zero-order valence-electron chi connectivity index (χ0n) is 13.7. The SMILES string of the molecule is CCOC(=O)OC1CC(O)CN1C(=O)Cc1c(C)cccc1C. The average Bonchev–Trinajstić information content (AvgIpc) is 2.84. The molecule has 1 heterocycles. The monoisotopic (exact) mass is 321 g/mol. The van der Waals surface area contributed by atoms with Gasteiger partial charge in [-0.2, -0.15) is 0 Å². The molecule has 2 unspecified atom stereocenters.